The predicted molar refractivity (Wildman–Crippen MR) is 73.8 cm³/mol. The first-order valence-corrected chi connectivity index (χ1v) is 7.26. The van der Waals surface area contributed by atoms with Crippen molar-refractivity contribution in [1.82, 2.24) is 5.32 Å². The summed E-state index contributed by atoms with van der Waals surface area (Å²) in [5.74, 6) is 0.710. The van der Waals surface area contributed by atoms with Crippen molar-refractivity contribution in [2.75, 3.05) is 19.8 Å². The molecule has 0 bridgehead atoms. The first-order chi connectivity index (χ1) is 8.83. The van der Waals surface area contributed by atoms with Gasteiger partial charge in [-0.3, -0.25) is 0 Å². The van der Waals surface area contributed by atoms with Crippen molar-refractivity contribution in [3.05, 3.63) is 34.9 Å². The molecule has 1 aliphatic heterocycles. The number of nitrogens with one attached hydrogen (secondary N) is 1. The monoisotopic (exact) mass is 245 g/mol. The molecular weight excluding hydrogens is 222 g/mol. The van der Waals surface area contributed by atoms with Crippen LogP contribution in [0.2, 0.25) is 0 Å². The largest absolute Gasteiger partial charge is 0.381 e. The number of hydrogen-bond donors (Lipinski definition) is 1. The third-order valence-corrected chi connectivity index (χ3v) is 4.36. The highest BCUT2D eigenvalue weighted by Gasteiger charge is 2.17. The van der Waals surface area contributed by atoms with Crippen molar-refractivity contribution in [3.63, 3.8) is 0 Å². The summed E-state index contributed by atoms with van der Waals surface area (Å²) in [6.07, 6.45) is 5.09. The van der Waals surface area contributed by atoms with Crippen molar-refractivity contribution < 1.29 is 4.74 Å². The minimum atomic E-state index is 0.455. The number of ether oxygens (including phenoxy) is 1. The van der Waals surface area contributed by atoms with Gasteiger partial charge in [0.1, 0.15) is 0 Å². The molecule has 0 saturated carbocycles. The van der Waals surface area contributed by atoms with E-state index in [0.29, 0.717) is 12.0 Å². The third-order valence-electron chi connectivity index (χ3n) is 4.36. The molecule has 2 aliphatic rings. The van der Waals surface area contributed by atoms with E-state index in [4.69, 9.17) is 4.74 Å². The second kappa shape index (κ2) is 5.41. The Morgan fingerprint density at radius 1 is 1.33 bits per heavy atom. The molecule has 98 valence electrons. The van der Waals surface area contributed by atoms with Crippen LogP contribution in [0.25, 0.3) is 0 Å². The van der Waals surface area contributed by atoms with Crippen molar-refractivity contribution in [2.24, 2.45) is 5.92 Å². The summed E-state index contributed by atoms with van der Waals surface area (Å²) in [6, 6.07) is 7.49. The molecule has 1 aromatic carbocycles. The Morgan fingerprint density at radius 2 is 2.22 bits per heavy atom. The van der Waals surface area contributed by atoms with Crippen LogP contribution in [0.15, 0.2) is 18.2 Å². The van der Waals surface area contributed by atoms with E-state index in [2.05, 4.69) is 30.4 Å². The maximum atomic E-state index is 5.42. The lowest BCUT2D eigenvalue weighted by molar-refractivity contribution is 0.184. The average molecular weight is 245 g/mol. The van der Waals surface area contributed by atoms with E-state index < -0.39 is 0 Å². The zero-order valence-corrected chi connectivity index (χ0v) is 11.2. The molecule has 2 atom stereocenters. The van der Waals surface area contributed by atoms with Crippen molar-refractivity contribution in [3.8, 4) is 0 Å². The van der Waals surface area contributed by atoms with Crippen LogP contribution in [0.3, 0.4) is 0 Å². The summed E-state index contributed by atoms with van der Waals surface area (Å²) in [6.45, 7) is 5.23. The van der Waals surface area contributed by atoms with Crippen LogP contribution in [-0.2, 0) is 17.6 Å². The fourth-order valence-corrected chi connectivity index (χ4v) is 3.07. The van der Waals surface area contributed by atoms with Crippen LogP contribution in [0.5, 0.6) is 0 Å². The molecule has 18 heavy (non-hydrogen) atoms. The fourth-order valence-electron chi connectivity index (χ4n) is 3.07. The number of fused-ring (bicyclic) bond motifs is 1. The first-order valence-electron chi connectivity index (χ1n) is 7.26. The lowest BCUT2D eigenvalue weighted by atomic mass is 10.0. The van der Waals surface area contributed by atoms with E-state index in [1.165, 1.54) is 31.2 Å². The van der Waals surface area contributed by atoms with E-state index >= 15 is 0 Å². The fraction of sp³-hybridized carbons (Fsp3) is 0.625. The van der Waals surface area contributed by atoms with Crippen LogP contribution in [0.4, 0.5) is 0 Å². The second-order valence-corrected chi connectivity index (χ2v) is 5.74. The van der Waals surface area contributed by atoms with Crippen LogP contribution in [0.1, 0.15) is 42.5 Å². The maximum Gasteiger partial charge on any atom is 0.0507 e. The molecule has 1 aromatic rings. The lowest BCUT2D eigenvalue weighted by Gasteiger charge is -2.17. The number of hydrogen-bond acceptors (Lipinski definition) is 2. The van der Waals surface area contributed by atoms with Gasteiger partial charge >= 0.3 is 0 Å². The van der Waals surface area contributed by atoms with Crippen molar-refractivity contribution in [1.29, 1.82) is 0 Å². The smallest absolute Gasteiger partial charge is 0.0507 e. The maximum absolute atomic E-state index is 5.42. The molecule has 1 N–H and O–H groups in total. The second-order valence-electron chi connectivity index (χ2n) is 5.74. The molecule has 2 nitrogen and oxygen atoms in total. The number of rotatable bonds is 4. The van der Waals surface area contributed by atoms with E-state index in [1.807, 2.05) is 0 Å². The van der Waals surface area contributed by atoms with Gasteiger partial charge in [-0.25, -0.2) is 0 Å². The Balaban J connectivity index is 1.59. The molecule has 2 heteroatoms. The SMILES string of the molecule is CC(NCC1CCOC1)c1ccc2c(c1)CCC2. The summed E-state index contributed by atoms with van der Waals surface area (Å²) in [4.78, 5) is 0. The highest BCUT2D eigenvalue weighted by atomic mass is 16.5. The van der Waals surface area contributed by atoms with Gasteiger partial charge in [0.25, 0.3) is 0 Å². The van der Waals surface area contributed by atoms with Crippen molar-refractivity contribution in [2.45, 2.75) is 38.6 Å². The normalized spacial score (nSPS) is 24.2. The van der Waals surface area contributed by atoms with Crippen LogP contribution in [0, 0.1) is 5.92 Å². The standard InChI is InChI=1S/C16H23NO/c1-12(17-10-13-7-8-18-11-13)15-6-5-14-3-2-4-16(14)9-15/h5-6,9,12-13,17H,2-4,7-8,10-11H2,1H3. The highest BCUT2D eigenvalue weighted by molar-refractivity contribution is 5.36. The molecule has 3 rings (SSSR count). The van der Waals surface area contributed by atoms with E-state index in [-0.39, 0.29) is 0 Å². The summed E-state index contributed by atoms with van der Waals surface area (Å²) in [7, 11) is 0. The van der Waals surface area contributed by atoms with Gasteiger partial charge < -0.3 is 10.1 Å². The molecule has 0 radical (unpaired) electrons. The molecule has 2 unspecified atom stereocenters. The molecule has 0 aromatic heterocycles. The molecule has 1 heterocycles. The predicted octanol–water partition coefficient (Wildman–Crippen LogP) is 2.86. The summed E-state index contributed by atoms with van der Waals surface area (Å²) in [5, 5.41) is 3.65. The zero-order chi connectivity index (χ0) is 12.4. The van der Waals surface area contributed by atoms with Crippen LogP contribution >= 0.6 is 0 Å². The minimum Gasteiger partial charge on any atom is -0.381 e. The van der Waals surface area contributed by atoms with Gasteiger partial charge in [0.05, 0.1) is 6.61 Å². The van der Waals surface area contributed by atoms with Gasteiger partial charge in [0.15, 0.2) is 0 Å². The number of aryl methyl sites for hydroxylation is 2. The highest BCUT2D eigenvalue weighted by Crippen LogP contribution is 2.25. The molecular formula is C16H23NO. The van der Waals surface area contributed by atoms with Crippen LogP contribution in [-0.4, -0.2) is 19.8 Å². The molecule has 0 spiro atoms. The topological polar surface area (TPSA) is 21.3 Å². The number of benzene rings is 1. The Labute approximate surface area is 110 Å². The lowest BCUT2D eigenvalue weighted by Crippen LogP contribution is -2.26. The van der Waals surface area contributed by atoms with Crippen molar-refractivity contribution >= 4 is 0 Å². The van der Waals surface area contributed by atoms with Gasteiger partial charge in [-0.15, -0.1) is 0 Å². The molecule has 1 fully saturated rings. The van der Waals surface area contributed by atoms with Gasteiger partial charge in [-0.2, -0.15) is 0 Å². The Morgan fingerprint density at radius 3 is 3.06 bits per heavy atom. The Bertz CT molecular complexity index is 410. The summed E-state index contributed by atoms with van der Waals surface area (Å²) >= 11 is 0. The minimum absolute atomic E-state index is 0.455. The molecule has 0 amide bonds. The van der Waals surface area contributed by atoms with E-state index in [9.17, 15) is 0 Å². The van der Waals surface area contributed by atoms with Crippen LogP contribution < -0.4 is 5.32 Å². The molecule has 1 aliphatic carbocycles. The Hall–Kier alpha value is -0.860. The quantitative estimate of drug-likeness (QED) is 0.880. The summed E-state index contributed by atoms with van der Waals surface area (Å²) in [5.41, 5.74) is 4.58. The van der Waals surface area contributed by atoms with E-state index in [0.717, 1.165) is 19.8 Å². The van der Waals surface area contributed by atoms with E-state index in [1.54, 1.807) is 11.1 Å². The van der Waals surface area contributed by atoms with Gasteiger partial charge in [-0.1, -0.05) is 18.2 Å². The third kappa shape index (κ3) is 2.60. The summed E-state index contributed by atoms with van der Waals surface area (Å²) < 4.78 is 5.42. The first kappa shape index (κ1) is 12.2. The molecule has 1 saturated heterocycles. The van der Waals surface area contributed by atoms with Gasteiger partial charge in [0.2, 0.25) is 0 Å². The average Bonchev–Trinajstić information content (AvgIpc) is 3.05. The van der Waals surface area contributed by atoms with Gasteiger partial charge in [-0.05, 0) is 55.2 Å². The van der Waals surface area contributed by atoms with Gasteiger partial charge in [0, 0.05) is 19.2 Å². The zero-order valence-electron chi connectivity index (χ0n) is 11.2. The Kier molecular flexibility index (Phi) is 3.67.